The minimum atomic E-state index is -0.429. The average molecular weight is 367 g/mol. The minimum Gasteiger partial charge on any atom is -0.462 e. The summed E-state index contributed by atoms with van der Waals surface area (Å²) < 4.78 is 7.45. The summed E-state index contributed by atoms with van der Waals surface area (Å²) in [4.78, 5) is 35.8. The van der Waals surface area contributed by atoms with E-state index in [2.05, 4.69) is 15.5 Å². The summed E-state index contributed by atoms with van der Waals surface area (Å²) >= 11 is 0. The Kier molecular flexibility index (Phi) is 5.41. The fraction of sp³-hybridized carbons (Fsp3) is 0.167. The summed E-state index contributed by atoms with van der Waals surface area (Å²) in [6.07, 6.45) is 3.27. The number of aromatic nitrogens is 4. The summed E-state index contributed by atoms with van der Waals surface area (Å²) in [5, 5.41) is 10.8. The molecular formula is C18H17N5O4. The van der Waals surface area contributed by atoms with Crippen LogP contribution < -0.4 is 10.9 Å². The second-order valence-corrected chi connectivity index (χ2v) is 5.48. The second kappa shape index (κ2) is 8.09. The second-order valence-electron chi connectivity index (χ2n) is 5.48. The molecule has 0 saturated heterocycles. The largest absolute Gasteiger partial charge is 0.462 e. The van der Waals surface area contributed by atoms with Crippen LogP contribution in [0.25, 0.3) is 5.82 Å². The van der Waals surface area contributed by atoms with Crippen LogP contribution in [0.1, 0.15) is 17.3 Å². The van der Waals surface area contributed by atoms with Gasteiger partial charge in [-0.2, -0.15) is 5.10 Å². The number of amides is 1. The quantitative estimate of drug-likeness (QED) is 0.657. The minimum absolute atomic E-state index is 0.256. The molecule has 0 aliphatic rings. The van der Waals surface area contributed by atoms with Crippen LogP contribution in [0.2, 0.25) is 0 Å². The van der Waals surface area contributed by atoms with E-state index in [-0.39, 0.29) is 13.2 Å². The number of hydrogen-bond acceptors (Lipinski definition) is 6. The molecule has 9 nitrogen and oxygen atoms in total. The van der Waals surface area contributed by atoms with Crippen molar-refractivity contribution in [1.82, 2.24) is 19.6 Å². The zero-order valence-corrected chi connectivity index (χ0v) is 14.5. The Morgan fingerprint density at radius 2 is 1.93 bits per heavy atom. The predicted octanol–water partition coefficient (Wildman–Crippen LogP) is 1.24. The van der Waals surface area contributed by atoms with Crippen LogP contribution in [-0.4, -0.2) is 38.0 Å². The number of anilines is 1. The summed E-state index contributed by atoms with van der Waals surface area (Å²) in [6.45, 7) is 1.76. The van der Waals surface area contributed by atoms with E-state index in [1.807, 2.05) is 0 Å². The van der Waals surface area contributed by atoms with Crippen LogP contribution in [0.4, 0.5) is 5.69 Å². The third-order valence-corrected chi connectivity index (χ3v) is 3.56. The molecule has 2 aromatic heterocycles. The van der Waals surface area contributed by atoms with Gasteiger partial charge in [-0.05, 0) is 43.3 Å². The molecule has 0 spiro atoms. The lowest BCUT2D eigenvalue weighted by molar-refractivity contribution is -0.117. The summed E-state index contributed by atoms with van der Waals surface area (Å²) in [7, 11) is 0. The molecule has 138 valence electrons. The van der Waals surface area contributed by atoms with Gasteiger partial charge in [-0.1, -0.05) is 0 Å². The lowest BCUT2D eigenvalue weighted by atomic mass is 10.2. The Bertz CT molecular complexity index is 993. The number of carbonyl (C=O) groups excluding carboxylic acids is 2. The first-order valence-electron chi connectivity index (χ1n) is 8.22. The van der Waals surface area contributed by atoms with E-state index in [1.165, 1.54) is 16.8 Å². The molecule has 0 bridgehead atoms. The van der Waals surface area contributed by atoms with Crippen molar-refractivity contribution in [3.63, 3.8) is 0 Å². The third-order valence-electron chi connectivity index (χ3n) is 3.56. The van der Waals surface area contributed by atoms with Gasteiger partial charge < -0.3 is 10.1 Å². The normalized spacial score (nSPS) is 10.4. The topological polar surface area (TPSA) is 108 Å². The zero-order valence-electron chi connectivity index (χ0n) is 14.5. The number of ether oxygens (including phenoxy) is 1. The fourth-order valence-corrected chi connectivity index (χ4v) is 2.32. The highest BCUT2D eigenvalue weighted by molar-refractivity contribution is 5.92. The maximum atomic E-state index is 12.2. The van der Waals surface area contributed by atoms with Gasteiger partial charge >= 0.3 is 5.97 Å². The molecule has 0 unspecified atom stereocenters. The number of benzene rings is 1. The summed E-state index contributed by atoms with van der Waals surface area (Å²) in [5.41, 5.74) is 0.475. The smallest absolute Gasteiger partial charge is 0.338 e. The molecule has 1 N–H and O–H groups in total. The van der Waals surface area contributed by atoms with Crippen molar-refractivity contribution in [2.24, 2.45) is 0 Å². The number of esters is 1. The third kappa shape index (κ3) is 4.46. The molecule has 9 heteroatoms. The van der Waals surface area contributed by atoms with Crippen LogP contribution in [-0.2, 0) is 16.1 Å². The lowest BCUT2D eigenvalue weighted by Gasteiger charge is -2.09. The highest BCUT2D eigenvalue weighted by Gasteiger charge is 2.10. The number of nitrogens with zero attached hydrogens (tertiary/aromatic N) is 4. The molecule has 1 amide bonds. The van der Waals surface area contributed by atoms with Crippen LogP contribution in [0.5, 0.6) is 0 Å². The Morgan fingerprint density at radius 1 is 1.15 bits per heavy atom. The van der Waals surface area contributed by atoms with E-state index in [0.29, 0.717) is 17.1 Å². The molecule has 27 heavy (non-hydrogen) atoms. The van der Waals surface area contributed by atoms with Crippen LogP contribution in [0.15, 0.2) is 59.7 Å². The van der Waals surface area contributed by atoms with Gasteiger partial charge in [0.1, 0.15) is 6.54 Å². The predicted molar refractivity (Wildman–Crippen MR) is 96.6 cm³/mol. The number of nitrogens with one attached hydrogen (secondary N) is 1. The maximum absolute atomic E-state index is 12.2. The van der Waals surface area contributed by atoms with Crippen molar-refractivity contribution in [3.8, 4) is 5.82 Å². The van der Waals surface area contributed by atoms with E-state index in [0.717, 1.165) is 4.68 Å². The van der Waals surface area contributed by atoms with Crippen molar-refractivity contribution in [3.05, 3.63) is 70.8 Å². The van der Waals surface area contributed by atoms with Crippen molar-refractivity contribution >= 4 is 17.6 Å². The van der Waals surface area contributed by atoms with E-state index in [1.54, 1.807) is 49.6 Å². The summed E-state index contributed by atoms with van der Waals surface area (Å²) in [5.74, 6) is -0.432. The van der Waals surface area contributed by atoms with Gasteiger partial charge in [-0.25, -0.2) is 14.2 Å². The van der Waals surface area contributed by atoms with Crippen LogP contribution in [0, 0.1) is 0 Å². The molecule has 0 radical (unpaired) electrons. The van der Waals surface area contributed by atoms with E-state index in [4.69, 9.17) is 4.74 Å². The highest BCUT2D eigenvalue weighted by atomic mass is 16.5. The Balaban J connectivity index is 1.68. The molecule has 3 aromatic rings. The SMILES string of the molecule is CCOC(=O)c1ccc(NC(=O)Cn2nc(-n3cccn3)ccc2=O)cc1. The van der Waals surface area contributed by atoms with Gasteiger partial charge in [-0.15, -0.1) is 5.10 Å². The van der Waals surface area contributed by atoms with Crippen LogP contribution in [0.3, 0.4) is 0 Å². The Morgan fingerprint density at radius 3 is 2.59 bits per heavy atom. The highest BCUT2D eigenvalue weighted by Crippen LogP contribution is 2.10. The molecule has 1 aromatic carbocycles. The van der Waals surface area contributed by atoms with Gasteiger partial charge in [0.15, 0.2) is 5.82 Å². The summed E-state index contributed by atoms with van der Waals surface area (Å²) in [6, 6.07) is 10.8. The van der Waals surface area contributed by atoms with E-state index >= 15 is 0 Å². The van der Waals surface area contributed by atoms with Crippen molar-refractivity contribution in [2.45, 2.75) is 13.5 Å². The van der Waals surface area contributed by atoms with Crippen LogP contribution >= 0.6 is 0 Å². The number of hydrogen-bond donors (Lipinski definition) is 1. The van der Waals surface area contributed by atoms with Crippen molar-refractivity contribution in [1.29, 1.82) is 0 Å². The number of rotatable bonds is 6. The fourth-order valence-electron chi connectivity index (χ4n) is 2.32. The van der Waals surface area contributed by atoms with Gasteiger partial charge in [-0.3, -0.25) is 9.59 Å². The Hall–Kier alpha value is -3.75. The first-order chi connectivity index (χ1) is 13.1. The zero-order chi connectivity index (χ0) is 19.2. The monoisotopic (exact) mass is 367 g/mol. The van der Waals surface area contributed by atoms with Gasteiger partial charge in [0.2, 0.25) is 5.91 Å². The van der Waals surface area contributed by atoms with Crippen molar-refractivity contribution < 1.29 is 14.3 Å². The number of carbonyl (C=O) groups is 2. The van der Waals surface area contributed by atoms with Crippen molar-refractivity contribution in [2.75, 3.05) is 11.9 Å². The van der Waals surface area contributed by atoms with Gasteiger partial charge in [0, 0.05) is 24.1 Å². The maximum Gasteiger partial charge on any atom is 0.338 e. The molecule has 0 aliphatic carbocycles. The molecule has 0 saturated carbocycles. The van der Waals surface area contributed by atoms with E-state index in [9.17, 15) is 14.4 Å². The molecule has 0 fully saturated rings. The van der Waals surface area contributed by atoms with E-state index < -0.39 is 17.4 Å². The molecular weight excluding hydrogens is 350 g/mol. The molecule has 2 heterocycles. The molecule has 0 aliphatic heterocycles. The lowest BCUT2D eigenvalue weighted by Crippen LogP contribution is -2.30. The van der Waals surface area contributed by atoms with Gasteiger partial charge in [0.05, 0.1) is 12.2 Å². The molecule has 0 atom stereocenters. The standard InChI is InChI=1S/C18H17N5O4/c1-2-27-18(26)13-4-6-14(7-5-13)20-16(24)12-23-17(25)9-8-15(21-23)22-11-3-10-19-22/h3-11H,2,12H2,1H3,(H,20,24). The molecule has 3 rings (SSSR count). The average Bonchev–Trinajstić information content (AvgIpc) is 3.19. The first-order valence-corrected chi connectivity index (χ1v) is 8.22. The van der Waals surface area contributed by atoms with Gasteiger partial charge in [0.25, 0.3) is 5.56 Å². The first kappa shape index (κ1) is 18.1. The Labute approximate surface area is 154 Å².